The quantitative estimate of drug-likeness (QED) is 0.762. The van der Waals surface area contributed by atoms with Gasteiger partial charge in [0.05, 0.1) is 17.9 Å². The largest absolute Gasteiger partial charge is 0.412 e. The van der Waals surface area contributed by atoms with Crippen LogP contribution in [0, 0.1) is 23.2 Å². The maximum atomic E-state index is 10.4. The van der Waals surface area contributed by atoms with Gasteiger partial charge in [0.15, 0.2) is 14.1 Å². The summed E-state index contributed by atoms with van der Waals surface area (Å²) in [6.07, 6.45) is 1.60. The highest BCUT2D eigenvalue weighted by Gasteiger charge is 2.57. The van der Waals surface area contributed by atoms with Crippen LogP contribution in [0.4, 0.5) is 5.82 Å². The number of fused-ring (bicyclic) bond motifs is 1. The molecule has 2 heterocycles. The van der Waals surface area contributed by atoms with Gasteiger partial charge in [-0.25, -0.2) is 9.50 Å². The number of anilines is 1. The van der Waals surface area contributed by atoms with E-state index in [0.717, 1.165) is 5.69 Å². The summed E-state index contributed by atoms with van der Waals surface area (Å²) in [6, 6.07) is 6.33. The predicted octanol–water partition coefficient (Wildman–Crippen LogP) is 3.11. The lowest BCUT2D eigenvalue weighted by atomic mass is 9.81. The van der Waals surface area contributed by atoms with Crippen LogP contribution in [0.3, 0.4) is 0 Å². The molecule has 0 amide bonds. The molecule has 2 aromatic rings. The molecule has 4 atom stereocenters. The number of aliphatic hydroxyl groups excluding tert-OH is 1. The van der Waals surface area contributed by atoms with Crippen LogP contribution in [-0.2, 0) is 9.84 Å². The average Bonchev–Trinajstić information content (AvgIpc) is 3.16. The Kier molecular flexibility index (Phi) is 5.07. The van der Waals surface area contributed by atoms with E-state index >= 15 is 0 Å². The normalized spacial score (nSPS) is 28.6. The van der Waals surface area contributed by atoms with Crippen molar-refractivity contribution in [2.24, 2.45) is 11.8 Å². The Bertz CT molecular complexity index is 913. The monoisotopic (exact) mass is 401 g/mol. The first-order valence-electron chi connectivity index (χ1n) is 9.77. The van der Waals surface area contributed by atoms with Gasteiger partial charge in [0.1, 0.15) is 17.3 Å². The molecule has 0 radical (unpaired) electrons. The van der Waals surface area contributed by atoms with E-state index in [1.54, 1.807) is 4.52 Å². The Morgan fingerprint density at radius 1 is 1.43 bits per heavy atom. The average molecular weight is 402 g/mol. The first-order valence-corrected chi connectivity index (χ1v) is 12.7. The van der Waals surface area contributed by atoms with Gasteiger partial charge in [0.2, 0.25) is 0 Å². The van der Waals surface area contributed by atoms with Crippen LogP contribution >= 0.6 is 0 Å². The Morgan fingerprint density at radius 3 is 2.68 bits per heavy atom. The molecule has 3 rings (SSSR count). The first kappa shape index (κ1) is 20.8. The molecule has 0 saturated heterocycles. The lowest BCUT2D eigenvalue weighted by Gasteiger charge is -2.43. The second-order valence-corrected chi connectivity index (χ2v) is 14.3. The third-order valence-electron chi connectivity index (χ3n) is 6.89. The van der Waals surface area contributed by atoms with E-state index in [2.05, 4.69) is 56.9 Å². The summed E-state index contributed by atoms with van der Waals surface area (Å²) in [4.78, 5) is 4.05. The second-order valence-electron chi connectivity index (χ2n) is 9.55. The number of nitrogen functional groups attached to an aromatic ring is 1. The number of aliphatic hydroxyl groups is 1. The number of hydrogen-bond acceptors (Lipinski definition) is 6. The zero-order valence-electron chi connectivity index (χ0n) is 17.6. The molecule has 1 aliphatic carbocycles. The molecule has 152 valence electrons. The summed E-state index contributed by atoms with van der Waals surface area (Å²) in [7, 11) is -2.15. The molecule has 8 heteroatoms. The fourth-order valence-corrected chi connectivity index (χ4v) is 5.46. The minimum Gasteiger partial charge on any atom is -0.412 e. The van der Waals surface area contributed by atoms with E-state index in [-0.39, 0.29) is 29.6 Å². The minimum absolute atomic E-state index is 0.0129. The van der Waals surface area contributed by atoms with Crippen molar-refractivity contribution in [3.05, 3.63) is 24.2 Å². The van der Waals surface area contributed by atoms with Gasteiger partial charge < -0.3 is 15.3 Å². The van der Waals surface area contributed by atoms with Crippen LogP contribution in [0.2, 0.25) is 18.1 Å². The van der Waals surface area contributed by atoms with Crippen LogP contribution in [0.15, 0.2) is 18.5 Å². The predicted molar refractivity (Wildman–Crippen MR) is 111 cm³/mol. The number of rotatable bonds is 4. The highest BCUT2D eigenvalue weighted by Crippen LogP contribution is 2.51. The fraction of sp³-hybridized carbons (Fsp3) is 0.650. The third-order valence-corrected chi connectivity index (χ3v) is 11.3. The number of hydrogen-bond donors (Lipinski definition) is 2. The van der Waals surface area contributed by atoms with Crippen LogP contribution in [0.1, 0.15) is 39.8 Å². The van der Waals surface area contributed by atoms with Gasteiger partial charge in [-0.05, 0) is 48.5 Å². The molecular formula is C20H31N5O2Si. The lowest BCUT2D eigenvalue weighted by Crippen LogP contribution is -2.50. The van der Waals surface area contributed by atoms with Crippen LogP contribution < -0.4 is 5.73 Å². The molecule has 0 aliphatic heterocycles. The smallest absolute Gasteiger partial charge is 0.192 e. The molecule has 28 heavy (non-hydrogen) atoms. The van der Waals surface area contributed by atoms with Crippen LogP contribution in [0.25, 0.3) is 5.52 Å². The zero-order valence-corrected chi connectivity index (χ0v) is 18.6. The Morgan fingerprint density at radius 2 is 2.11 bits per heavy atom. The summed E-state index contributed by atoms with van der Waals surface area (Å²) in [5, 5.41) is 24.8. The SMILES string of the molecule is C[C@H]1C(O[Si](C)(C)C(C)(C)C)[C@](C#N)(c2ccc3c(N)ncnn23)C[C@@H]1CO. The molecule has 2 aromatic heterocycles. The standard InChI is InChI=1S/C20H31N5O2Si/c1-13-14(10-26)9-20(11-21,17(13)27-28(5,6)19(2,3)4)16-8-7-15-18(22)23-12-24-25(15)16/h7-8,12-14,17,26H,9-10H2,1-6H3,(H2,22,23,24)/t13-,14-,17?,20-/m1/s1. The molecule has 0 spiro atoms. The van der Waals surface area contributed by atoms with E-state index in [0.29, 0.717) is 17.8 Å². The van der Waals surface area contributed by atoms with Crippen molar-refractivity contribution in [1.29, 1.82) is 5.26 Å². The van der Waals surface area contributed by atoms with Crippen molar-refractivity contribution < 1.29 is 9.53 Å². The second kappa shape index (κ2) is 6.83. The van der Waals surface area contributed by atoms with Crippen molar-refractivity contribution in [3.63, 3.8) is 0 Å². The molecule has 1 unspecified atom stereocenters. The van der Waals surface area contributed by atoms with E-state index in [1.807, 2.05) is 12.1 Å². The summed E-state index contributed by atoms with van der Waals surface area (Å²) in [5.41, 5.74) is 6.53. The highest BCUT2D eigenvalue weighted by molar-refractivity contribution is 6.74. The van der Waals surface area contributed by atoms with E-state index < -0.39 is 13.7 Å². The molecule has 7 nitrogen and oxygen atoms in total. The maximum absolute atomic E-state index is 10.4. The van der Waals surface area contributed by atoms with E-state index in [1.165, 1.54) is 6.33 Å². The molecule has 1 aliphatic rings. The summed E-state index contributed by atoms with van der Waals surface area (Å²) in [5.74, 6) is 0.406. The van der Waals surface area contributed by atoms with Crippen molar-refractivity contribution in [3.8, 4) is 6.07 Å². The van der Waals surface area contributed by atoms with Crippen molar-refractivity contribution in [1.82, 2.24) is 14.6 Å². The van der Waals surface area contributed by atoms with Gasteiger partial charge in [-0.15, -0.1) is 0 Å². The van der Waals surface area contributed by atoms with Gasteiger partial charge in [-0.1, -0.05) is 27.7 Å². The number of nitrogens with two attached hydrogens (primary N) is 1. The Hall–Kier alpha value is -1.95. The number of aromatic nitrogens is 3. The number of nitriles is 1. The molecule has 0 bridgehead atoms. The Balaban J connectivity index is 2.18. The molecule has 1 saturated carbocycles. The molecule has 0 aromatic carbocycles. The third kappa shape index (κ3) is 3.02. The van der Waals surface area contributed by atoms with Crippen LogP contribution in [0.5, 0.6) is 0 Å². The summed E-state index contributed by atoms with van der Waals surface area (Å²) in [6.45, 7) is 13.1. The van der Waals surface area contributed by atoms with Crippen molar-refractivity contribution in [2.45, 2.75) is 63.8 Å². The lowest BCUT2D eigenvalue weighted by molar-refractivity contribution is 0.0908. The summed E-state index contributed by atoms with van der Waals surface area (Å²) < 4.78 is 8.54. The maximum Gasteiger partial charge on any atom is 0.192 e. The van der Waals surface area contributed by atoms with Crippen molar-refractivity contribution in [2.75, 3.05) is 12.3 Å². The highest BCUT2D eigenvalue weighted by atomic mass is 28.4. The zero-order chi connectivity index (χ0) is 20.9. The van der Waals surface area contributed by atoms with E-state index in [9.17, 15) is 10.4 Å². The van der Waals surface area contributed by atoms with Gasteiger partial charge in [0, 0.05) is 6.61 Å². The van der Waals surface area contributed by atoms with Gasteiger partial charge in [-0.2, -0.15) is 10.4 Å². The van der Waals surface area contributed by atoms with Crippen LogP contribution in [-0.4, -0.2) is 40.7 Å². The molecule has 3 N–H and O–H groups in total. The van der Waals surface area contributed by atoms with Gasteiger partial charge in [0.25, 0.3) is 0 Å². The van der Waals surface area contributed by atoms with Gasteiger partial charge >= 0.3 is 0 Å². The summed E-state index contributed by atoms with van der Waals surface area (Å²) >= 11 is 0. The molecule has 1 fully saturated rings. The minimum atomic E-state index is -2.15. The topological polar surface area (TPSA) is 109 Å². The van der Waals surface area contributed by atoms with E-state index in [4.69, 9.17) is 10.2 Å². The number of nitrogens with zero attached hydrogens (tertiary/aromatic N) is 4. The molecular weight excluding hydrogens is 370 g/mol. The van der Waals surface area contributed by atoms with Gasteiger partial charge in [-0.3, -0.25) is 0 Å². The van der Waals surface area contributed by atoms with Crippen molar-refractivity contribution >= 4 is 19.7 Å². The first-order chi connectivity index (χ1) is 13.0. The Labute approximate surface area is 167 Å². The fourth-order valence-electron chi connectivity index (χ4n) is 4.05.